The second-order valence-corrected chi connectivity index (χ2v) is 8.23. The number of nitrogens with one attached hydrogen (secondary N) is 1. The summed E-state index contributed by atoms with van der Waals surface area (Å²) in [6.45, 7) is 3.24. The zero-order valence-electron chi connectivity index (χ0n) is 14.4. The number of nitrogens with zero attached hydrogens (tertiary/aromatic N) is 1. The zero-order chi connectivity index (χ0) is 16.3. The number of hydrogen-bond acceptors (Lipinski definition) is 3. The molecule has 4 nitrogen and oxygen atoms in total. The fraction of sp³-hybridized carbons (Fsp3) is 0.650. The van der Waals surface area contributed by atoms with Crippen LogP contribution in [0.1, 0.15) is 36.8 Å². The molecule has 128 valence electrons. The van der Waals surface area contributed by atoms with E-state index in [4.69, 9.17) is 4.74 Å². The van der Waals surface area contributed by atoms with E-state index in [0.717, 1.165) is 37.6 Å². The van der Waals surface area contributed by atoms with Gasteiger partial charge in [0.15, 0.2) is 0 Å². The van der Waals surface area contributed by atoms with E-state index in [0.29, 0.717) is 18.4 Å². The van der Waals surface area contributed by atoms with Gasteiger partial charge in [-0.05, 0) is 61.4 Å². The third-order valence-corrected chi connectivity index (χ3v) is 6.96. The van der Waals surface area contributed by atoms with Crippen LogP contribution in [0.15, 0.2) is 18.2 Å². The van der Waals surface area contributed by atoms with Gasteiger partial charge in [-0.15, -0.1) is 0 Å². The smallest absolute Gasteiger partial charge is 0.220 e. The van der Waals surface area contributed by atoms with Gasteiger partial charge in [-0.2, -0.15) is 0 Å². The Kier molecular flexibility index (Phi) is 3.21. The normalized spacial score (nSPS) is 35.0. The van der Waals surface area contributed by atoms with E-state index in [2.05, 4.69) is 28.4 Å². The SMILES string of the molecule is COc1ccc2c(c1)C13CCN(CC4CC4)[C@H](C2)[C@@H]1CNC(=O)C3. The molecule has 1 saturated carbocycles. The molecule has 0 radical (unpaired) electrons. The van der Waals surface area contributed by atoms with Gasteiger partial charge in [0.2, 0.25) is 5.91 Å². The third-order valence-electron chi connectivity index (χ3n) is 6.96. The molecule has 1 aromatic rings. The number of hydrogen-bond donors (Lipinski definition) is 1. The van der Waals surface area contributed by atoms with Crippen molar-refractivity contribution < 1.29 is 9.53 Å². The number of benzene rings is 1. The Morgan fingerprint density at radius 1 is 1.38 bits per heavy atom. The number of likely N-dealkylation sites (tertiary alicyclic amines) is 1. The molecule has 2 aliphatic carbocycles. The first kappa shape index (κ1) is 14.8. The Bertz CT molecular complexity index is 684. The topological polar surface area (TPSA) is 41.6 Å². The lowest BCUT2D eigenvalue weighted by Crippen LogP contribution is -2.66. The number of amides is 1. The van der Waals surface area contributed by atoms with E-state index in [1.807, 2.05) is 0 Å². The Morgan fingerprint density at radius 2 is 2.25 bits per heavy atom. The molecule has 0 aromatic heterocycles. The highest BCUT2D eigenvalue weighted by Gasteiger charge is 2.56. The maximum atomic E-state index is 12.3. The van der Waals surface area contributed by atoms with Crippen LogP contribution in [0.4, 0.5) is 0 Å². The lowest BCUT2D eigenvalue weighted by atomic mass is 9.54. The molecule has 24 heavy (non-hydrogen) atoms. The standard InChI is InChI=1S/C20H26N2O2/c1-24-15-5-4-14-8-18-17-11-21-19(23)10-20(17,16(14)9-15)6-7-22(18)12-13-2-3-13/h4-5,9,13,17-18H,2-3,6-8,10-12H2,1H3,(H,21,23)/t17-,18+,20?/m0/s1. The highest BCUT2D eigenvalue weighted by molar-refractivity contribution is 5.79. The van der Waals surface area contributed by atoms with E-state index in [9.17, 15) is 4.79 Å². The minimum absolute atomic E-state index is 0.0230. The molecule has 2 heterocycles. The Morgan fingerprint density at radius 3 is 3.04 bits per heavy atom. The summed E-state index contributed by atoms with van der Waals surface area (Å²) in [6.07, 6.45) is 5.68. The molecule has 4 aliphatic rings. The van der Waals surface area contributed by atoms with Crippen LogP contribution in [0.3, 0.4) is 0 Å². The molecule has 4 heteroatoms. The van der Waals surface area contributed by atoms with Crippen molar-refractivity contribution in [1.82, 2.24) is 10.2 Å². The first-order valence-electron chi connectivity index (χ1n) is 9.38. The summed E-state index contributed by atoms with van der Waals surface area (Å²) in [5.74, 6) is 2.61. The maximum absolute atomic E-state index is 12.3. The first-order valence-corrected chi connectivity index (χ1v) is 9.38. The largest absolute Gasteiger partial charge is 0.497 e. The number of ether oxygens (including phenoxy) is 1. The highest BCUT2D eigenvalue weighted by atomic mass is 16.5. The summed E-state index contributed by atoms with van der Waals surface area (Å²) in [4.78, 5) is 15.0. The molecule has 1 aromatic carbocycles. The quantitative estimate of drug-likeness (QED) is 0.925. The van der Waals surface area contributed by atoms with E-state index < -0.39 is 0 Å². The minimum Gasteiger partial charge on any atom is -0.497 e. The molecule has 3 fully saturated rings. The molecule has 0 spiro atoms. The van der Waals surface area contributed by atoms with Crippen LogP contribution >= 0.6 is 0 Å². The van der Waals surface area contributed by atoms with E-state index in [-0.39, 0.29) is 11.3 Å². The van der Waals surface area contributed by atoms with Crippen LogP contribution in [0, 0.1) is 11.8 Å². The van der Waals surface area contributed by atoms with Crippen LogP contribution in [0.5, 0.6) is 5.75 Å². The molecule has 2 aliphatic heterocycles. The second-order valence-electron chi connectivity index (χ2n) is 8.23. The monoisotopic (exact) mass is 326 g/mol. The lowest BCUT2D eigenvalue weighted by Gasteiger charge is -2.58. The van der Waals surface area contributed by atoms with Gasteiger partial charge in [-0.25, -0.2) is 0 Å². The van der Waals surface area contributed by atoms with Gasteiger partial charge in [0.1, 0.15) is 5.75 Å². The summed E-state index contributed by atoms with van der Waals surface area (Å²) in [5, 5.41) is 3.16. The van der Waals surface area contributed by atoms with E-state index in [1.54, 1.807) is 7.11 Å². The highest BCUT2D eigenvalue weighted by Crippen LogP contribution is 2.53. The van der Waals surface area contributed by atoms with Crippen LogP contribution in [0.25, 0.3) is 0 Å². The summed E-state index contributed by atoms with van der Waals surface area (Å²) >= 11 is 0. The molecular weight excluding hydrogens is 300 g/mol. The van der Waals surface area contributed by atoms with Gasteiger partial charge >= 0.3 is 0 Å². The predicted octanol–water partition coefficient (Wildman–Crippen LogP) is 2.11. The van der Waals surface area contributed by atoms with Gasteiger partial charge < -0.3 is 10.1 Å². The van der Waals surface area contributed by atoms with E-state index in [1.165, 1.54) is 30.5 Å². The Hall–Kier alpha value is -1.55. The molecule has 1 amide bonds. The van der Waals surface area contributed by atoms with Gasteiger partial charge in [-0.3, -0.25) is 9.69 Å². The Balaban J connectivity index is 1.59. The van der Waals surface area contributed by atoms with Gasteiger partial charge in [-0.1, -0.05) is 6.07 Å². The van der Waals surface area contributed by atoms with E-state index >= 15 is 0 Å². The maximum Gasteiger partial charge on any atom is 0.220 e. The molecule has 1 unspecified atom stereocenters. The van der Waals surface area contributed by atoms with Gasteiger partial charge in [0.25, 0.3) is 0 Å². The van der Waals surface area contributed by atoms with Gasteiger partial charge in [0.05, 0.1) is 7.11 Å². The van der Waals surface area contributed by atoms with Crippen molar-refractivity contribution in [2.45, 2.75) is 43.6 Å². The molecule has 5 rings (SSSR count). The average Bonchev–Trinajstić information content (AvgIpc) is 3.41. The number of piperidine rings is 2. The fourth-order valence-corrected chi connectivity index (χ4v) is 5.55. The number of fused-ring (bicyclic) bond motifs is 1. The summed E-state index contributed by atoms with van der Waals surface area (Å²) in [6, 6.07) is 7.13. The average molecular weight is 326 g/mol. The van der Waals surface area contributed by atoms with Crippen molar-refractivity contribution in [3.63, 3.8) is 0 Å². The van der Waals surface area contributed by atoms with Crippen molar-refractivity contribution in [2.24, 2.45) is 11.8 Å². The van der Waals surface area contributed by atoms with Crippen LogP contribution < -0.4 is 10.1 Å². The molecule has 2 bridgehead atoms. The van der Waals surface area contributed by atoms with Crippen LogP contribution in [-0.2, 0) is 16.6 Å². The van der Waals surface area contributed by atoms with Crippen molar-refractivity contribution in [3.05, 3.63) is 29.3 Å². The summed E-state index contributed by atoms with van der Waals surface area (Å²) in [7, 11) is 1.73. The second kappa shape index (κ2) is 5.22. The number of rotatable bonds is 3. The van der Waals surface area contributed by atoms with Crippen molar-refractivity contribution in [3.8, 4) is 5.75 Å². The lowest BCUT2D eigenvalue weighted by molar-refractivity contribution is -0.129. The Labute approximate surface area is 143 Å². The molecule has 1 N–H and O–H groups in total. The minimum atomic E-state index is 0.0230. The predicted molar refractivity (Wildman–Crippen MR) is 92.2 cm³/mol. The number of methoxy groups -OCH3 is 1. The van der Waals surface area contributed by atoms with Crippen molar-refractivity contribution in [1.29, 1.82) is 0 Å². The molecule has 3 atom stereocenters. The summed E-state index contributed by atoms with van der Waals surface area (Å²) < 4.78 is 5.49. The third kappa shape index (κ3) is 2.12. The summed E-state index contributed by atoms with van der Waals surface area (Å²) in [5.41, 5.74) is 2.85. The van der Waals surface area contributed by atoms with Crippen molar-refractivity contribution >= 4 is 5.91 Å². The molecule has 2 saturated heterocycles. The van der Waals surface area contributed by atoms with Crippen molar-refractivity contribution in [2.75, 3.05) is 26.7 Å². The number of carbonyl (C=O) groups is 1. The van der Waals surface area contributed by atoms with Crippen LogP contribution in [0.2, 0.25) is 0 Å². The zero-order valence-corrected chi connectivity index (χ0v) is 14.4. The van der Waals surface area contributed by atoms with Gasteiger partial charge in [0, 0.05) is 36.9 Å². The first-order chi connectivity index (χ1) is 11.7. The number of carbonyl (C=O) groups excluding carboxylic acids is 1. The molecular formula is C20H26N2O2. The fourth-order valence-electron chi connectivity index (χ4n) is 5.55. The van der Waals surface area contributed by atoms with Crippen LogP contribution in [-0.4, -0.2) is 43.6 Å².